The van der Waals surface area contributed by atoms with Crippen molar-refractivity contribution in [3.8, 4) is 0 Å². The zero-order chi connectivity index (χ0) is 15.5. The van der Waals surface area contributed by atoms with Crippen LogP contribution in [0.4, 0.5) is 0 Å². The van der Waals surface area contributed by atoms with Gasteiger partial charge in [0.1, 0.15) is 0 Å². The number of hydrogen-bond donors (Lipinski definition) is 1. The Morgan fingerprint density at radius 1 is 1.14 bits per heavy atom. The van der Waals surface area contributed by atoms with E-state index in [4.69, 9.17) is 0 Å². The van der Waals surface area contributed by atoms with Crippen LogP contribution in [0.2, 0.25) is 0 Å². The predicted molar refractivity (Wildman–Crippen MR) is 89.0 cm³/mol. The Balaban J connectivity index is 2.01. The molecule has 1 heteroatoms. The molecule has 3 aliphatic rings. The summed E-state index contributed by atoms with van der Waals surface area (Å²) in [5.41, 5.74) is 2.05. The Bertz CT molecular complexity index is 474. The summed E-state index contributed by atoms with van der Waals surface area (Å²) in [7, 11) is 0. The predicted octanol–water partition coefficient (Wildman–Crippen LogP) is 5.11. The minimum atomic E-state index is -0.285. The van der Waals surface area contributed by atoms with Gasteiger partial charge in [-0.05, 0) is 72.2 Å². The minimum Gasteiger partial charge on any atom is -0.389 e. The van der Waals surface area contributed by atoms with Gasteiger partial charge in [-0.2, -0.15) is 0 Å². The summed E-state index contributed by atoms with van der Waals surface area (Å²) < 4.78 is 0. The first-order chi connectivity index (χ1) is 9.69. The standard InChI is InChI=1S/C20H32O/c1-14-7-8-17-19(4,13-15(14)21)12-9-16-18(2,3)10-6-11-20(16,17)5/h6,10,15-17,21H,1,7-9,11-13H2,2-5H3/t15-,16+,17+,19-,20-/m0/s1. The van der Waals surface area contributed by atoms with E-state index in [1.807, 2.05) is 0 Å². The van der Waals surface area contributed by atoms with Crippen molar-refractivity contribution < 1.29 is 5.11 Å². The Labute approximate surface area is 130 Å². The van der Waals surface area contributed by atoms with Gasteiger partial charge in [0.2, 0.25) is 0 Å². The summed E-state index contributed by atoms with van der Waals surface area (Å²) in [5, 5.41) is 10.4. The molecule has 0 unspecified atom stereocenters. The molecule has 0 aromatic carbocycles. The van der Waals surface area contributed by atoms with Crippen molar-refractivity contribution in [3.63, 3.8) is 0 Å². The summed E-state index contributed by atoms with van der Waals surface area (Å²) in [6.45, 7) is 13.9. The second-order valence-corrected chi connectivity index (χ2v) is 9.15. The number of aliphatic hydroxyl groups excluding tert-OH is 1. The summed E-state index contributed by atoms with van der Waals surface area (Å²) >= 11 is 0. The molecule has 0 aliphatic heterocycles. The highest BCUT2D eigenvalue weighted by Gasteiger charge is 2.57. The third kappa shape index (κ3) is 2.23. The number of aliphatic hydroxyl groups is 1. The third-order valence-electron chi connectivity index (χ3n) is 7.33. The van der Waals surface area contributed by atoms with E-state index >= 15 is 0 Å². The van der Waals surface area contributed by atoms with Crippen molar-refractivity contribution in [2.45, 2.75) is 72.3 Å². The normalized spacial score (nSPS) is 49.2. The van der Waals surface area contributed by atoms with Gasteiger partial charge in [0.25, 0.3) is 0 Å². The molecule has 3 rings (SSSR count). The number of hydrogen-bond acceptors (Lipinski definition) is 1. The molecule has 1 nitrogen and oxygen atoms in total. The molecule has 2 saturated carbocycles. The number of rotatable bonds is 0. The Hall–Kier alpha value is -0.560. The quantitative estimate of drug-likeness (QED) is 0.614. The van der Waals surface area contributed by atoms with Gasteiger partial charge in [0, 0.05) is 0 Å². The van der Waals surface area contributed by atoms with E-state index in [1.165, 1.54) is 25.7 Å². The maximum atomic E-state index is 10.4. The van der Waals surface area contributed by atoms with Crippen molar-refractivity contribution in [1.82, 2.24) is 0 Å². The van der Waals surface area contributed by atoms with Gasteiger partial charge in [-0.1, -0.05) is 46.4 Å². The van der Waals surface area contributed by atoms with Gasteiger partial charge in [0.05, 0.1) is 6.10 Å². The molecular formula is C20H32O. The van der Waals surface area contributed by atoms with Gasteiger partial charge in [0.15, 0.2) is 0 Å². The van der Waals surface area contributed by atoms with Crippen LogP contribution in [0.1, 0.15) is 66.2 Å². The average Bonchev–Trinajstić information content (AvgIpc) is 2.46. The lowest BCUT2D eigenvalue weighted by Gasteiger charge is -2.61. The van der Waals surface area contributed by atoms with Crippen LogP contribution < -0.4 is 0 Å². The van der Waals surface area contributed by atoms with Crippen LogP contribution in [0.25, 0.3) is 0 Å². The lowest BCUT2D eigenvalue weighted by Crippen LogP contribution is -2.53. The zero-order valence-corrected chi connectivity index (χ0v) is 14.3. The van der Waals surface area contributed by atoms with E-state index in [9.17, 15) is 5.11 Å². The Morgan fingerprint density at radius 3 is 2.57 bits per heavy atom. The molecule has 1 N–H and O–H groups in total. The average molecular weight is 288 g/mol. The van der Waals surface area contributed by atoms with Gasteiger partial charge >= 0.3 is 0 Å². The van der Waals surface area contributed by atoms with Crippen LogP contribution in [-0.2, 0) is 0 Å². The second kappa shape index (κ2) is 4.72. The molecule has 2 fully saturated rings. The molecule has 118 valence electrons. The van der Waals surface area contributed by atoms with E-state index < -0.39 is 0 Å². The molecule has 3 aliphatic carbocycles. The fourth-order valence-corrected chi connectivity index (χ4v) is 6.26. The molecule has 5 atom stereocenters. The van der Waals surface area contributed by atoms with Crippen molar-refractivity contribution in [1.29, 1.82) is 0 Å². The van der Waals surface area contributed by atoms with E-state index in [2.05, 4.69) is 46.4 Å². The SMILES string of the molecule is C=C1CC[C@@H]2[C@@](C)(CC[C@@H]3C(C)(C)C=CC[C@@]32C)C[C@@H]1O. The highest BCUT2D eigenvalue weighted by atomic mass is 16.3. The lowest BCUT2D eigenvalue weighted by atomic mass is 9.44. The molecule has 0 aromatic heterocycles. The second-order valence-electron chi connectivity index (χ2n) is 9.15. The van der Waals surface area contributed by atoms with Gasteiger partial charge < -0.3 is 5.11 Å². The highest BCUT2D eigenvalue weighted by molar-refractivity contribution is 5.18. The monoisotopic (exact) mass is 288 g/mol. The summed E-state index contributed by atoms with van der Waals surface area (Å²) in [5.74, 6) is 1.48. The van der Waals surface area contributed by atoms with Crippen LogP contribution in [0.5, 0.6) is 0 Å². The van der Waals surface area contributed by atoms with Crippen molar-refractivity contribution in [2.75, 3.05) is 0 Å². The van der Waals surface area contributed by atoms with Gasteiger partial charge in [-0.25, -0.2) is 0 Å². The first-order valence-electron chi connectivity index (χ1n) is 8.72. The maximum absolute atomic E-state index is 10.4. The van der Waals surface area contributed by atoms with Gasteiger partial charge in [-0.3, -0.25) is 0 Å². The van der Waals surface area contributed by atoms with Crippen LogP contribution >= 0.6 is 0 Å². The molecule has 0 heterocycles. The van der Waals surface area contributed by atoms with Crippen molar-refractivity contribution >= 4 is 0 Å². The largest absolute Gasteiger partial charge is 0.389 e. The highest BCUT2D eigenvalue weighted by Crippen LogP contribution is 2.65. The van der Waals surface area contributed by atoms with Gasteiger partial charge in [-0.15, -0.1) is 0 Å². The third-order valence-corrected chi connectivity index (χ3v) is 7.33. The first kappa shape index (κ1) is 15.3. The molecule has 0 spiro atoms. The summed E-state index contributed by atoms with van der Waals surface area (Å²) in [6.07, 6.45) is 11.5. The van der Waals surface area contributed by atoms with Crippen LogP contribution in [0.3, 0.4) is 0 Å². The molecular weight excluding hydrogens is 256 g/mol. The van der Waals surface area contributed by atoms with E-state index in [-0.39, 0.29) is 11.5 Å². The van der Waals surface area contributed by atoms with Crippen LogP contribution in [0, 0.1) is 28.1 Å². The summed E-state index contributed by atoms with van der Waals surface area (Å²) in [6, 6.07) is 0. The molecule has 21 heavy (non-hydrogen) atoms. The molecule has 0 amide bonds. The maximum Gasteiger partial charge on any atom is 0.0752 e. The van der Waals surface area contributed by atoms with E-state index in [1.54, 1.807) is 0 Å². The first-order valence-corrected chi connectivity index (χ1v) is 8.72. The Morgan fingerprint density at radius 2 is 1.86 bits per heavy atom. The van der Waals surface area contributed by atoms with E-state index in [0.717, 1.165) is 24.3 Å². The van der Waals surface area contributed by atoms with Crippen molar-refractivity contribution in [2.24, 2.45) is 28.1 Å². The minimum absolute atomic E-state index is 0.283. The fourth-order valence-electron chi connectivity index (χ4n) is 6.26. The lowest BCUT2D eigenvalue weighted by molar-refractivity contribution is -0.103. The molecule has 0 aromatic rings. The van der Waals surface area contributed by atoms with Crippen molar-refractivity contribution in [3.05, 3.63) is 24.3 Å². The van der Waals surface area contributed by atoms with E-state index in [0.29, 0.717) is 16.7 Å². The number of allylic oxidation sites excluding steroid dienone is 2. The number of fused-ring (bicyclic) bond motifs is 3. The zero-order valence-electron chi connectivity index (χ0n) is 14.3. The summed E-state index contributed by atoms with van der Waals surface area (Å²) in [4.78, 5) is 0. The Kier molecular flexibility index (Phi) is 3.44. The fraction of sp³-hybridized carbons (Fsp3) is 0.800. The molecule has 0 saturated heterocycles. The van der Waals surface area contributed by atoms with Crippen LogP contribution in [-0.4, -0.2) is 11.2 Å². The molecule has 0 radical (unpaired) electrons. The van der Waals surface area contributed by atoms with Crippen LogP contribution in [0.15, 0.2) is 24.3 Å². The molecule has 0 bridgehead atoms. The topological polar surface area (TPSA) is 20.2 Å². The smallest absolute Gasteiger partial charge is 0.0752 e.